The monoisotopic (exact) mass is 824 g/mol. The van der Waals surface area contributed by atoms with Crippen LogP contribution in [0, 0.1) is 0 Å². The van der Waals surface area contributed by atoms with Gasteiger partial charge in [-0.05, 0) is 32.1 Å². The van der Waals surface area contributed by atoms with Gasteiger partial charge in [-0.2, -0.15) is 8.42 Å². The molecule has 2 atom stereocenters. The maximum atomic E-state index is 12.6. The molecule has 0 fully saturated rings. The van der Waals surface area contributed by atoms with E-state index in [9.17, 15) is 22.9 Å². The summed E-state index contributed by atoms with van der Waals surface area (Å²) < 4.78 is 32.6. The molecule has 0 radical (unpaired) electrons. The summed E-state index contributed by atoms with van der Waals surface area (Å²) in [5, 5.41) is 13.3. The summed E-state index contributed by atoms with van der Waals surface area (Å²) in [4.78, 5) is 12.6. The van der Waals surface area contributed by atoms with Gasteiger partial charge in [-0.3, -0.25) is 9.35 Å². The molecule has 3 N–H and O–H groups in total. The van der Waals surface area contributed by atoms with Gasteiger partial charge >= 0.3 is 0 Å². The number of rotatable bonds is 46. The SMILES string of the molecule is CCCCCCCCCCCCCCC/C=C/CC/C=C/C(O)C(CS(=O)(=O)O)NC(=O)CCCCCCCCCCCCCCCCCCCCCCCCC. The van der Waals surface area contributed by atoms with E-state index in [0.717, 1.165) is 38.5 Å². The molecule has 1 amide bonds. The highest BCUT2D eigenvalue weighted by atomic mass is 32.2. The topological polar surface area (TPSA) is 104 Å². The molecule has 0 heterocycles. The van der Waals surface area contributed by atoms with Gasteiger partial charge in [-0.15, -0.1) is 0 Å². The minimum atomic E-state index is -4.35. The van der Waals surface area contributed by atoms with E-state index in [4.69, 9.17) is 0 Å². The second-order valence-corrected chi connectivity index (χ2v) is 18.9. The van der Waals surface area contributed by atoms with Crippen LogP contribution >= 0.6 is 0 Å². The van der Waals surface area contributed by atoms with Gasteiger partial charge in [0.1, 0.15) is 0 Å². The fourth-order valence-electron chi connectivity index (χ4n) is 7.88. The molecule has 0 bridgehead atoms. The third kappa shape index (κ3) is 45.7. The Morgan fingerprint density at radius 3 is 1.11 bits per heavy atom. The summed E-state index contributed by atoms with van der Waals surface area (Å²) in [6.45, 7) is 4.56. The lowest BCUT2D eigenvalue weighted by Gasteiger charge is -2.21. The second kappa shape index (κ2) is 44.4. The molecule has 0 aliphatic carbocycles. The van der Waals surface area contributed by atoms with Gasteiger partial charge < -0.3 is 10.4 Å². The van der Waals surface area contributed by atoms with Crippen molar-refractivity contribution in [2.24, 2.45) is 0 Å². The van der Waals surface area contributed by atoms with Crippen molar-refractivity contribution in [3.8, 4) is 0 Å². The van der Waals surface area contributed by atoms with Crippen LogP contribution in [0.3, 0.4) is 0 Å². The van der Waals surface area contributed by atoms with Crippen molar-refractivity contribution >= 4 is 16.0 Å². The normalized spacial score (nSPS) is 13.3. The van der Waals surface area contributed by atoms with Crippen LogP contribution in [0.5, 0.6) is 0 Å². The molecule has 57 heavy (non-hydrogen) atoms. The Balaban J connectivity index is 3.80. The largest absolute Gasteiger partial charge is 0.387 e. The van der Waals surface area contributed by atoms with E-state index in [0.29, 0.717) is 6.42 Å². The molecule has 0 aliphatic heterocycles. The molecule has 2 unspecified atom stereocenters. The molecule has 7 heteroatoms. The molecule has 6 nitrogen and oxygen atoms in total. The van der Waals surface area contributed by atoms with Crippen molar-refractivity contribution in [3.05, 3.63) is 24.3 Å². The van der Waals surface area contributed by atoms with Gasteiger partial charge in [0.15, 0.2) is 0 Å². The first-order chi connectivity index (χ1) is 27.8. The number of aliphatic hydroxyl groups is 1. The quantitative estimate of drug-likeness (QED) is 0.0322. The Bertz CT molecular complexity index is 997. The van der Waals surface area contributed by atoms with Crippen molar-refractivity contribution in [3.63, 3.8) is 0 Å². The fourth-order valence-corrected chi connectivity index (χ4v) is 8.61. The molecule has 338 valence electrons. The number of allylic oxidation sites excluding steroid dienone is 3. The maximum Gasteiger partial charge on any atom is 0.267 e. The second-order valence-electron chi connectivity index (χ2n) is 17.4. The number of aliphatic hydroxyl groups excluding tert-OH is 1. The van der Waals surface area contributed by atoms with Crippen molar-refractivity contribution in [2.45, 2.75) is 283 Å². The molecule has 0 aliphatic rings. The molecule has 0 aromatic carbocycles. The van der Waals surface area contributed by atoms with E-state index >= 15 is 0 Å². The van der Waals surface area contributed by atoms with Crippen LogP contribution < -0.4 is 5.32 Å². The summed E-state index contributed by atoms with van der Waals surface area (Å²) in [5.41, 5.74) is 0. The Morgan fingerprint density at radius 2 is 0.754 bits per heavy atom. The Kier molecular flexibility index (Phi) is 43.5. The van der Waals surface area contributed by atoms with Crippen LogP contribution in [-0.4, -0.2) is 41.9 Å². The molecule has 0 saturated heterocycles. The molecule has 0 saturated carbocycles. The van der Waals surface area contributed by atoms with Crippen molar-refractivity contribution in [1.29, 1.82) is 0 Å². The molecule has 0 spiro atoms. The van der Waals surface area contributed by atoms with Crippen molar-refractivity contribution in [2.75, 3.05) is 5.75 Å². The molecular formula is C50H97NO5S. The molecule has 0 rings (SSSR count). The van der Waals surface area contributed by atoms with Crippen LogP contribution in [0.2, 0.25) is 0 Å². The summed E-state index contributed by atoms with van der Waals surface area (Å²) in [7, 11) is -4.35. The summed E-state index contributed by atoms with van der Waals surface area (Å²) in [6, 6.07) is -1.07. The predicted molar refractivity (Wildman–Crippen MR) is 249 cm³/mol. The summed E-state index contributed by atoms with van der Waals surface area (Å²) >= 11 is 0. The average molecular weight is 824 g/mol. The van der Waals surface area contributed by atoms with Gasteiger partial charge in [0.05, 0.1) is 17.9 Å². The minimum Gasteiger partial charge on any atom is -0.387 e. The Labute approximate surface area is 355 Å². The van der Waals surface area contributed by atoms with Gasteiger partial charge in [0, 0.05) is 6.42 Å². The number of hydrogen-bond donors (Lipinski definition) is 3. The highest BCUT2D eigenvalue weighted by Crippen LogP contribution is 2.17. The van der Waals surface area contributed by atoms with Crippen LogP contribution in [-0.2, 0) is 14.9 Å². The lowest BCUT2D eigenvalue weighted by Crippen LogP contribution is -2.46. The zero-order chi connectivity index (χ0) is 41.8. The van der Waals surface area contributed by atoms with Crippen LogP contribution in [0.4, 0.5) is 0 Å². The smallest absolute Gasteiger partial charge is 0.267 e. The van der Waals surface area contributed by atoms with Gasteiger partial charge in [-0.25, -0.2) is 0 Å². The van der Waals surface area contributed by atoms with E-state index in [2.05, 4.69) is 31.3 Å². The van der Waals surface area contributed by atoms with Crippen LogP contribution in [0.25, 0.3) is 0 Å². The standard InChI is InChI=1S/C50H97NO5S/c1-3-5-7-9-11-13-15-17-19-21-23-24-25-26-28-30-32-34-36-38-40-42-44-46-50(53)51-48(47-57(54,55)56)49(52)45-43-41-39-37-35-33-31-29-27-22-20-18-16-14-12-10-8-6-4-2/h35,37,43,45,48-49,52H,3-34,36,38-42,44,46-47H2,1-2H3,(H,51,53)(H,54,55,56)/b37-35+,45-43+. The van der Waals surface area contributed by atoms with E-state index in [-0.39, 0.29) is 5.91 Å². The summed E-state index contributed by atoms with van der Waals surface area (Å²) in [5.74, 6) is -0.987. The van der Waals surface area contributed by atoms with E-state index in [1.807, 2.05) is 6.08 Å². The zero-order valence-corrected chi connectivity index (χ0v) is 38.8. The fraction of sp³-hybridized carbons (Fsp3) is 0.900. The maximum absolute atomic E-state index is 12.6. The highest BCUT2D eigenvalue weighted by molar-refractivity contribution is 7.85. The highest BCUT2D eigenvalue weighted by Gasteiger charge is 2.24. The van der Waals surface area contributed by atoms with Crippen LogP contribution in [0.15, 0.2) is 24.3 Å². The lowest BCUT2D eigenvalue weighted by molar-refractivity contribution is -0.122. The van der Waals surface area contributed by atoms with E-state index in [1.54, 1.807) is 0 Å². The number of unbranched alkanes of at least 4 members (excludes halogenated alkanes) is 36. The molecule has 0 aromatic heterocycles. The number of carbonyl (C=O) groups is 1. The van der Waals surface area contributed by atoms with Crippen LogP contribution in [0.1, 0.15) is 271 Å². The number of hydrogen-bond acceptors (Lipinski definition) is 4. The van der Waals surface area contributed by atoms with E-state index < -0.39 is 28.0 Å². The zero-order valence-electron chi connectivity index (χ0n) is 38.0. The third-order valence-electron chi connectivity index (χ3n) is 11.6. The number of amides is 1. The average Bonchev–Trinajstić information content (AvgIpc) is 3.18. The van der Waals surface area contributed by atoms with Crippen molar-refractivity contribution < 1.29 is 22.9 Å². The summed E-state index contributed by atoms with van der Waals surface area (Å²) in [6.07, 6.45) is 57.6. The van der Waals surface area contributed by atoms with Gasteiger partial charge in [0.2, 0.25) is 5.91 Å². The Hall–Kier alpha value is -1.18. The third-order valence-corrected chi connectivity index (χ3v) is 12.4. The first kappa shape index (κ1) is 55.8. The van der Waals surface area contributed by atoms with Gasteiger partial charge in [-0.1, -0.05) is 256 Å². The number of carbonyl (C=O) groups excluding carboxylic acids is 1. The molecular weight excluding hydrogens is 727 g/mol. The lowest BCUT2D eigenvalue weighted by atomic mass is 10.0. The first-order valence-electron chi connectivity index (χ1n) is 25.0. The predicted octanol–water partition coefficient (Wildman–Crippen LogP) is 15.5. The van der Waals surface area contributed by atoms with E-state index in [1.165, 1.54) is 218 Å². The van der Waals surface area contributed by atoms with Crippen molar-refractivity contribution in [1.82, 2.24) is 5.32 Å². The first-order valence-corrected chi connectivity index (χ1v) is 26.6. The number of nitrogens with one attached hydrogen (secondary N) is 1. The minimum absolute atomic E-state index is 0.282. The Morgan fingerprint density at radius 1 is 0.456 bits per heavy atom. The molecule has 0 aromatic rings. The van der Waals surface area contributed by atoms with Gasteiger partial charge in [0.25, 0.3) is 10.1 Å².